The van der Waals surface area contributed by atoms with Gasteiger partial charge in [-0.2, -0.15) is 0 Å². The van der Waals surface area contributed by atoms with E-state index in [0.717, 1.165) is 6.42 Å². The second kappa shape index (κ2) is 8.78. The van der Waals surface area contributed by atoms with E-state index in [2.05, 4.69) is 10.6 Å². The van der Waals surface area contributed by atoms with Crippen LogP contribution in [0.1, 0.15) is 31.6 Å². The average Bonchev–Trinajstić information content (AvgIpc) is 3.29. The normalized spacial score (nSPS) is 18.3. The van der Waals surface area contributed by atoms with Gasteiger partial charge >= 0.3 is 0 Å². The number of halogens is 2. The fraction of sp³-hybridized carbons (Fsp3) is 0.368. The van der Waals surface area contributed by atoms with E-state index in [1.165, 1.54) is 0 Å². The van der Waals surface area contributed by atoms with Gasteiger partial charge in [0, 0.05) is 5.02 Å². The molecule has 1 aromatic carbocycles. The van der Waals surface area contributed by atoms with Crippen LogP contribution in [0.3, 0.4) is 0 Å². The summed E-state index contributed by atoms with van der Waals surface area (Å²) in [5.41, 5.74) is 0.469. The lowest BCUT2D eigenvalue weighted by Crippen LogP contribution is -2.45. The van der Waals surface area contributed by atoms with Crippen molar-refractivity contribution in [3.05, 3.63) is 52.4 Å². The Morgan fingerprint density at radius 2 is 2.15 bits per heavy atom. The molecule has 2 amide bonds. The molecular formula is C19H21Cl2N3O3. The zero-order valence-electron chi connectivity index (χ0n) is 14.9. The van der Waals surface area contributed by atoms with Crippen LogP contribution in [-0.4, -0.2) is 35.8 Å². The van der Waals surface area contributed by atoms with Gasteiger partial charge in [0.25, 0.3) is 0 Å². The minimum absolute atomic E-state index is 0.145. The van der Waals surface area contributed by atoms with Crippen molar-refractivity contribution in [2.45, 2.75) is 31.8 Å². The van der Waals surface area contributed by atoms with Crippen LogP contribution in [0.5, 0.6) is 0 Å². The van der Waals surface area contributed by atoms with Crippen LogP contribution in [0.4, 0.5) is 5.69 Å². The Balaban J connectivity index is 1.58. The second-order valence-corrected chi connectivity index (χ2v) is 7.39. The summed E-state index contributed by atoms with van der Waals surface area (Å²) in [6.07, 6.45) is 3.10. The van der Waals surface area contributed by atoms with E-state index in [1.54, 1.807) is 30.5 Å². The molecule has 1 aliphatic heterocycles. The molecular weight excluding hydrogens is 389 g/mol. The SMILES string of the molecule is C[C@@H](NC(=O)CN1CCC[C@H]1C(=O)Nc1cc(Cl)ccc1Cl)c1ccco1. The van der Waals surface area contributed by atoms with Gasteiger partial charge in [-0.1, -0.05) is 23.2 Å². The lowest BCUT2D eigenvalue weighted by molar-refractivity contribution is -0.125. The van der Waals surface area contributed by atoms with Crippen LogP contribution in [0.25, 0.3) is 0 Å². The molecule has 1 saturated heterocycles. The van der Waals surface area contributed by atoms with Crippen LogP contribution >= 0.6 is 23.2 Å². The molecule has 1 aliphatic rings. The predicted octanol–water partition coefficient (Wildman–Crippen LogP) is 3.87. The maximum atomic E-state index is 12.7. The first kappa shape index (κ1) is 19.7. The maximum absolute atomic E-state index is 12.7. The molecule has 2 aromatic rings. The highest BCUT2D eigenvalue weighted by atomic mass is 35.5. The van der Waals surface area contributed by atoms with Gasteiger partial charge < -0.3 is 15.1 Å². The third-order valence-corrected chi connectivity index (χ3v) is 5.11. The molecule has 6 nitrogen and oxygen atoms in total. The van der Waals surface area contributed by atoms with Crippen molar-refractivity contribution in [1.82, 2.24) is 10.2 Å². The number of furan rings is 1. The first-order chi connectivity index (χ1) is 12.9. The Labute approximate surface area is 167 Å². The zero-order chi connectivity index (χ0) is 19.4. The van der Waals surface area contributed by atoms with Crippen LogP contribution in [0, 0.1) is 0 Å². The highest BCUT2D eigenvalue weighted by molar-refractivity contribution is 6.35. The highest BCUT2D eigenvalue weighted by Gasteiger charge is 2.32. The minimum atomic E-state index is -0.385. The van der Waals surface area contributed by atoms with Crippen LogP contribution < -0.4 is 10.6 Å². The maximum Gasteiger partial charge on any atom is 0.241 e. The van der Waals surface area contributed by atoms with E-state index in [9.17, 15) is 9.59 Å². The molecule has 0 saturated carbocycles. The van der Waals surface area contributed by atoms with Gasteiger partial charge in [0.2, 0.25) is 11.8 Å². The van der Waals surface area contributed by atoms with Crippen molar-refractivity contribution < 1.29 is 14.0 Å². The molecule has 144 valence electrons. The number of likely N-dealkylation sites (tertiary alicyclic amines) is 1. The number of nitrogens with zero attached hydrogens (tertiary/aromatic N) is 1. The second-order valence-electron chi connectivity index (χ2n) is 6.55. The van der Waals surface area contributed by atoms with E-state index in [4.69, 9.17) is 27.6 Å². The monoisotopic (exact) mass is 409 g/mol. The molecule has 1 fully saturated rings. The summed E-state index contributed by atoms with van der Waals surface area (Å²) in [6, 6.07) is 7.88. The number of amides is 2. The predicted molar refractivity (Wildman–Crippen MR) is 105 cm³/mol. The molecule has 1 aromatic heterocycles. The smallest absolute Gasteiger partial charge is 0.241 e. The lowest BCUT2D eigenvalue weighted by atomic mass is 10.2. The van der Waals surface area contributed by atoms with Crippen molar-refractivity contribution >= 4 is 40.7 Å². The topological polar surface area (TPSA) is 74.6 Å². The Morgan fingerprint density at radius 1 is 1.33 bits per heavy atom. The van der Waals surface area contributed by atoms with E-state index in [1.807, 2.05) is 17.9 Å². The number of anilines is 1. The molecule has 2 N–H and O–H groups in total. The van der Waals surface area contributed by atoms with Crippen LogP contribution in [-0.2, 0) is 9.59 Å². The van der Waals surface area contributed by atoms with Crippen molar-refractivity contribution in [3.63, 3.8) is 0 Å². The fourth-order valence-corrected chi connectivity index (χ4v) is 3.54. The van der Waals surface area contributed by atoms with E-state index >= 15 is 0 Å². The van der Waals surface area contributed by atoms with Gasteiger partial charge in [0.15, 0.2) is 0 Å². The van der Waals surface area contributed by atoms with E-state index in [0.29, 0.717) is 34.5 Å². The lowest BCUT2D eigenvalue weighted by Gasteiger charge is -2.24. The summed E-state index contributed by atoms with van der Waals surface area (Å²) in [7, 11) is 0. The molecule has 2 atom stereocenters. The zero-order valence-corrected chi connectivity index (χ0v) is 16.4. The van der Waals surface area contributed by atoms with E-state index in [-0.39, 0.29) is 30.4 Å². The standard InChI is InChI=1S/C19H21Cl2N3O3/c1-12(17-5-3-9-27-17)22-18(25)11-24-8-2-4-16(24)19(26)23-15-10-13(20)6-7-14(15)21/h3,5-7,9-10,12,16H,2,4,8,11H2,1H3,(H,22,25)(H,23,26)/t12-,16+/m1/s1. The average molecular weight is 410 g/mol. The number of hydrogen-bond acceptors (Lipinski definition) is 4. The number of carbonyl (C=O) groups is 2. The fourth-order valence-electron chi connectivity index (χ4n) is 3.20. The molecule has 0 aliphatic carbocycles. The summed E-state index contributed by atoms with van der Waals surface area (Å²) in [6.45, 7) is 2.68. The number of hydrogen-bond donors (Lipinski definition) is 2. The first-order valence-corrected chi connectivity index (χ1v) is 9.52. The van der Waals surface area contributed by atoms with Crippen LogP contribution in [0.2, 0.25) is 10.0 Å². The first-order valence-electron chi connectivity index (χ1n) is 8.77. The Hall–Kier alpha value is -2.02. The molecule has 0 radical (unpaired) electrons. The van der Waals surface area contributed by atoms with Crippen molar-refractivity contribution in [1.29, 1.82) is 0 Å². The molecule has 0 spiro atoms. The van der Waals surface area contributed by atoms with Crippen LogP contribution in [0.15, 0.2) is 41.0 Å². The summed E-state index contributed by atoms with van der Waals surface area (Å²) in [5.74, 6) is 0.345. The van der Waals surface area contributed by atoms with E-state index < -0.39 is 0 Å². The Kier molecular flexibility index (Phi) is 6.42. The van der Waals surface area contributed by atoms with Gasteiger partial charge in [-0.3, -0.25) is 14.5 Å². The van der Waals surface area contributed by atoms with Gasteiger partial charge in [0.1, 0.15) is 5.76 Å². The van der Waals surface area contributed by atoms with Crippen molar-refractivity contribution in [3.8, 4) is 0 Å². The minimum Gasteiger partial charge on any atom is -0.467 e. The molecule has 27 heavy (non-hydrogen) atoms. The highest BCUT2D eigenvalue weighted by Crippen LogP contribution is 2.27. The number of benzene rings is 1. The van der Waals surface area contributed by atoms with Gasteiger partial charge in [-0.15, -0.1) is 0 Å². The summed E-state index contributed by atoms with van der Waals surface area (Å²) in [5, 5.41) is 6.61. The quantitative estimate of drug-likeness (QED) is 0.759. The summed E-state index contributed by atoms with van der Waals surface area (Å²) < 4.78 is 5.30. The van der Waals surface area contributed by atoms with Gasteiger partial charge in [-0.05, 0) is 56.6 Å². The van der Waals surface area contributed by atoms with Gasteiger partial charge in [0.05, 0.1) is 35.6 Å². The van der Waals surface area contributed by atoms with Crippen molar-refractivity contribution in [2.75, 3.05) is 18.4 Å². The van der Waals surface area contributed by atoms with Crippen molar-refractivity contribution in [2.24, 2.45) is 0 Å². The molecule has 3 rings (SSSR count). The number of carbonyl (C=O) groups excluding carboxylic acids is 2. The molecule has 0 unspecified atom stereocenters. The van der Waals surface area contributed by atoms with Gasteiger partial charge in [-0.25, -0.2) is 0 Å². The molecule has 8 heteroatoms. The summed E-state index contributed by atoms with van der Waals surface area (Å²) in [4.78, 5) is 26.9. The molecule has 2 heterocycles. The Morgan fingerprint density at radius 3 is 2.89 bits per heavy atom. The molecule has 0 bridgehead atoms. The largest absolute Gasteiger partial charge is 0.467 e. The number of nitrogens with one attached hydrogen (secondary N) is 2. The summed E-state index contributed by atoms with van der Waals surface area (Å²) >= 11 is 12.1. The third-order valence-electron chi connectivity index (χ3n) is 4.55. The Bertz CT molecular complexity index is 811. The number of rotatable bonds is 6. The third kappa shape index (κ3) is 5.03.